The van der Waals surface area contributed by atoms with E-state index in [4.69, 9.17) is 9.84 Å². The topological polar surface area (TPSA) is 151 Å². The van der Waals surface area contributed by atoms with Crippen molar-refractivity contribution in [2.45, 2.75) is 19.4 Å². The number of fused-ring (bicyclic) bond motifs is 2. The molecule has 9 nitrogen and oxygen atoms in total. The Balaban J connectivity index is 2.29. The molecule has 150 valence electrons. The molecule has 0 atom stereocenters. The van der Waals surface area contributed by atoms with Crippen molar-refractivity contribution in [1.29, 1.82) is 0 Å². The molecule has 0 aliphatic heterocycles. The van der Waals surface area contributed by atoms with E-state index in [0.717, 1.165) is 0 Å². The van der Waals surface area contributed by atoms with E-state index < -0.39 is 53.1 Å². The van der Waals surface area contributed by atoms with Crippen molar-refractivity contribution >= 4 is 17.3 Å². The van der Waals surface area contributed by atoms with Crippen LogP contribution in [0.3, 0.4) is 0 Å². The molecule has 0 aromatic heterocycles. The number of ketones is 3. The minimum Gasteiger partial charge on any atom is -0.507 e. The number of hydrogen-bond acceptors (Lipinski definition) is 9. The Hall–Kier alpha value is -3.59. The number of carbonyl (C=O) groups excluding carboxylic acids is 3. The van der Waals surface area contributed by atoms with Gasteiger partial charge >= 0.3 is 0 Å². The highest BCUT2D eigenvalue weighted by Crippen LogP contribution is 2.45. The molecule has 0 bridgehead atoms. The highest BCUT2D eigenvalue weighted by molar-refractivity contribution is 6.31. The fourth-order valence-corrected chi connectivity index (χ4v) is 3.50. The van der Waals surface area contributed by atoms with E-state index in [-0.39, 0.29) is 40.8 Å². The Kier molecular flexibility index (Phi) is 5.42. The fourth-order valence-electron chi connectivity index (χ4n) is 3.50. The van der Waals surface area contributed by atoms with Crippen molar-refractivity contribution in [3.05, 3.63) is 56.5 Å². The maximum atomic E-state index is 13.1. The standard InChI is InChI=1S/C20H17NO8/c1-29-13-4-2-3-11-14(13)20(27)16-15(18(11)25)19(26)12(7-21-28)10(17(16)24)6-5-9(23)8-22/h2-4,22,24,26H,5-8H2,1H3. The molecule has 29 heavy (non-hydrogen) atoms. The maximum absolute atomic E-state index is 13.1. The van der Waals surface area contributed by atoms with E-state index >= 15 is 0 Å². The van der Waals surface area contributed by atoms with Crippen LogP contribution < -0.4 is 4.74 Å². The number of Topliss-reactive ketones (excluding diaryl/α,β-unsaturated/α-hetero) is 1. The van der Waals surface area contributed by atoms with Crippen LogP contribution in [-0.4, -0.2) is 46.4 Å². The number of hydrogen-bond donors (Lipinski definition) is 3. The second-order valence-electron chi connectivity index (χ2n) is 6.43. The number of aliphatic hydroxyl groups excluding tert-OH is 1. The SMILES string of the molecule is COc1cccc2c1C(=O)c1c(O)c(CCC(=O)CO)c(CN=O)c(O)c1C2=O. The van der Waals surface area contributed by atoms with Crippen LogP contribution in [0.4, 0.5) is 0 Å². The molecule has 1 aliphatic rings. The number of phenolic OH excluding ortho intramolecular Hbond substituents is 2. The van der Waals surface area contributed by atoms with Crippen molar-refractivity contribution < 1.29 is 34.4 Å². The quantitative estimate of drug-likeness (QED) is 0.401. The average molecular weight is 399 g/mol. The first-order chi connectivity index (χ1) is 13.9. The summed E-state index contributed by atoms with van der Waals surface area (Å²) < 4.78 is 5.16. The second kappa shape index (κ2) is 7.80. The highest BCUT2D eigenvalue weighted by Gasteiger charge is 2.39. The predicted octanol–water partition coefficient (Wildman–Crippen LogP) is 1.64. The summed E-state index contributed by atoms with van der Waals surface area (Å²) in [4.78, 5) is 48.5. The Morgan fingerprint density at radius 3 is 2.31 bits per heavy atom. The van der Waals surface area contributed by atoms with Crippen molar-refractivity contribution in [3.8, 4) is 17.2 Å². The van der Waals surface area contributed by atoms with Gasteiger partial charge in [-0.05, 0) is 12.5 Å². The zero-order valence-corrected chi connectivity index (χ0v) is 15.4. The number of aromatic hydroxyl groups is 2. The Labute approximate surface area is 164 Å². The summed E-state index contributed by atoms with van der Waals surface area (Å²) in [6.45, 7) is -1.30. The van der Waals surface area contributed by atoms with Crippen molar-refractivity contribution in [2.24, 2.45) is 5.18 Å². The number of ether oxygens (including phenoxy) is 1. The van der Waals surface area contributed by atoms with Gasteiger partial charge in [0.15, 0.2) is 11.6 Å². The molecule has 0 heterocycles. The van der Waals surface area contributed by atoms with Crippen LogP contribution in [0.2, 0.25) is 0 Å². The average Bonchev–Trinajstić information content (AvgIpc) is 2.73. The van der Waals surface area contributed by atoms with Crippen LogP contribution in [-0.2, 0) is 17.8 Å². The van der Waals surface area contributed by atoms with Gasteiger partial charge in [0.2, 0.25) is 5.78 Å². The van der Waals surface area contributed by atoms with Gasteiger partial charge in [-0.3, -0.25) is 14.4 Å². The smallest absolute Gasteiger partial charge is 0.202 e. The molecule has 9 heteroatoms. The minimum absolute atomic E-state index is 0.00947. The number of carbonyl (C=O) groups is 3. The Bertz CT molecular complexity index is 1060. The summed E-state index contributed by atoms with van der Waals surface area (Å²) in [7, 11) is 1.32. The van der Waals surface area contributed by atoms with Crippen LogP contribution in [0.5, 0.6) is 17.2 Å². The Morgan fingerprint density at radius 2 is 1.69 bits per heavy atom. The van der Waals surface area contributed by atoms with E-state index in [1.165, 1.54) is 25.3 Å². The highest BCUT2D eigenvalue weighted by atomic mass is 16.5. The third-order valence-electron chi connectivity index (χ3n) is 4.88. The molecule has 2 aromatic carbocycles. The first-order valence-corrected chi connectivity index (χ1v) is 8.65. The van der Waals surface area contributed by atoms with Crippen LogP contribution in [0.1, 0.15) is 49.4 Å². The molecule has 0 fully saturated rings. The van der Waals surface area contributed by atoms with Gasteiger partial charge in [-0.25, -0.2) is 0 Å². The number of phenols is 2. The third-order valence-corrected chi connectivity index (χ3v) is 4.88. The van der Waals surface area contributed by atoms with Gasteiger partial charge in [0.1, 0.15) is 30.4 Å². The van der Waals surface area contributed by atoms with E-state index in [1.807, 2.05) is 0 Å². The monoisotopic (exact) mass is 399 g/mol. The molecule has 3 N–H and O–H groups in total. The molecule has 0 saturated heterocycles. The molecule has 2 aromatic rings. The number of nitroso groups, excluding NO2 is 1. The number of benzene rings is 2. The molecular formula is C20H17NO8. The molecule has 3 rings (SSSR count). The molecule has 1 aliphatic carbocycles. The summed E-state index contributed by atoms with van der Waals surface area (Å²) in [5, 5.41) is 33.1. The summed E-state index contributed by atoms with van der Waals surface area (Å²) >= 11 is 0. The molecule has 0 spiro atoms. The maximum Gasteiger partial charge on any atom is 0.202 e. The number of rotatable bonds is 7. The first-order valence-electron chi connectivity index (χ1n) is 8.65. The van der Waals surface area contributed by atoms with Gasteiger partial charge in [0.25, 0.3) is 0 Å². The number of methoxy groups -OCH3 is 1. The lowest BCUT2D eigenvalue weighted by Crippen LogP contribution is -2.23. The van der Waals surface area contributed by atoms with Gasteiger partial charge in [-0.1, -0.05) is 17.3 Å². The minimum atomic E-state index is -0.736. The van der Waals surface area contributed by atoms with Crippen LogP contribution in [0, 0.1) is 4.91 Å². The van der Waals surface area contributed by atoms with E-state index in [2.05, 4.69) is 5.18 Å². The van der Waals surface area contributed by atoms with E-state index in [0.29, 0.717) is 0 Å². The lowest BCUT2D eigenvalue weighted by Gasteiger charge is -2.24. The summed E-state index contributed by atoms with van der Waals surface area (Å²) in [6.07, 6.45) is -0.382. The predicted molar refractivity (Wildman–Crippen MR) is 99.5 cm³/mol. The first kappa shape index (κ1) is 20.2. The van der Waals surface area contributed by atoms with Crippen molar-refractivity contribution in [3.63, 3.8) is 0 Å². The van der Waals surface area contributed by atoms with Crippen molar-refractivity contribution in [1.82, 2.24) is 0 Å². The van der Waals surface area contributed by atoms with Gasteiger partial charge in [-0.15, -0.1) is 0 Å². The lowest BCUT2D eigenvalue weighted by molar-refractivity contribution is -0.121. The zero-order valence-electron chi connectivity index (χ0n) is 15.4. The molecule has 0 amide bonds. The lowest BCUT2D eigenvalue weighted by atomic mass is 9.79. The normalized spacial score (nSPS) is 12.3. The van der Waals surface area contributed by atoms with E-state index in [1.54, 1.807) is 0 Å². The van der Waals surface area contributed by atoms with Gasteiger partial charge in [0.05, 0.1) is 23.8 Å². The largest absolute Gasteiger partial charge is 0.507 e. The molecule has 0 saturated carbocycles. The second-order valence-corrected chi connectivity index (χ2v) is 6.43. The molecular weight excluding hydrogens is 382 g/mol. The molecule has 0 radical (unpaired) electrons. The summed E-state index contributed by atoms with van der Waals surface area (Å²) in [5.74, 6) is -3.12. The zero-order chi connectivity index (χ0) is 21.3. The van der Waals surface area contributed by atoms with Crippen LogP contribution in [0.15, 0.2) is 23.4 Å². The number of aliphatic hydroxyl groups is 1. The van der Waals surface area contributed by atoms with Gasteiger partial charge < -0.3 is 20.1 Å². The number of nitrogens with zero attached hydrogens (tertiary/aromatic N) is 1. The summed E-state index contributed by atoms with van der Waals surface area (Å²) in [6, 6.07) is 4.38. The van der Waals surface area contributed by atoms with E-state index in [9.17, 15) is 29.5 Å². The molecule has 0 unspecified atom stereocenters. The van der Waals surface area contributed by atoms with Crippen LogP contribution in [0.25, 0.3) is 0 Å². The van der Waals surface area contributed by atoms with Gasteiger partial charge in [-0.2, -0.15) is 4.91 Å². The summed E-state index contributed by atoms with van der Waals surface area (Å²) in [5.41, 5.74) is -1.11. The fraction of sp³-hybridized carbons (Fsp3) is 0.250. The third kappa shape index (κ3) is 3.15. The Morgan fingerprint density at radius 1 is 1.03 bits per heavy atom. The van der Waals surface area contributed by atoms with Crippen molar-refractivity contribution in [2.75, 3.05) is 13.7 Å². The van der Waals surface area contributed by atoms with Crippen LogP contribution >= 0.6 is 0 Å². The van der Waals surface area contributed by atoms with Gasteiger partial charge in [0, 0.05) is 23.1 Å².